The third kappa shape index (κ3) is 3.85. The molecular formula is C19H14ClN3O3. The Hall–Kier alpha value is -3.30. The lowest BCUT2D eigenvalue weighted by Crippen LogP contribution is -2.23. The predicted molar refractivity (Wildman–Crippen MR) is 97.4 cm³/mol. The number of amides is 1. The number of rotatable bonds is 5. The molecule has 2 heterocycles. The molecule has 26 heavy (non-hydrogen) atoms. The number of ether oxygens (including phenoxy) is 1. The van der Waals surface area contributed by atoms with Gasteiger partial charge in [-0.2, -0.15) is 5.26 Å². The zero-order valence-corrected chi connectivity index (χ0v) is 14.6. The lowest BCUT2D eigenvalue weighted by molar-refractivity contribution is -0.117. The number of halogens is 1. The standard InChI is InChI=1S/C19H14ClN3O3/c1-25-15-4-5-17-12(9-15)7-13(18(20)23-17)8-14(10-21)19(24)22-11-16-3-2-6-26-16/h2-9H,11H2,1H3,(H,22,24)/b14-8+. The van der Waals surface area contributed by atoms with E-state index in [0.717, 1.165) is 5.39 Å². The van der Waals surface area contributed by atoms with Crippen LogP contribution < -0.4 is 10.1 Å². The number of furan rings is 1. The molecule has 3 aromatic rings. The molecule has 0 saturated heterocycles. The molecule has 0 radical (unpaired) electrons. The number of carbonyl (C=O) groups is 1. The summed E-state index contributed by atoms with van der Waals surface area (Å²) in [5, 5.41) is 12.9. The van der Waals surface area contributed by atoms with Gasteiger partial charge in [0.1, 0.15) is 28.3 Å². The molecule has 0 bridgehead atoms. The zero-order valence-electron chi connectivity index (χ0n) is 13.8. The van der Waals surface area contributed by atoms with Crippen LogP contribution in [0.2, 0.25) is 5.15 Å². The number of benzene rings is 1. The van der Waals surface area contributed by atoms with Crippen molar-refractivity contribution in [3.05, 3.63) is 64.7 Å². The Bertz CT molecular complexity index is 1020. The average Bonchev–Trinajstić information content (AvgIpc) is 3.17. The van der Waals surface area contributed by atoms with E-state index in [1.807, 2.05) is 6.07 Å². The molecule has 0 aliphatic heterocycles. The maximum Gasteiger partial charge on any atom is 0.262 e. The van der Waals surface area contributed by atoms with Gasteiger partial charge >= 0.3 is 0 Å². The molecule has 0 aliphatic carbocycles. The quantitative estimate of drug-likeness (QED) is 0.422. The molecule has 6 nitrogen and oxygen atoms in total. The predicted octanol–water partition coefficient (Wildman–Crippen LogP) is 3.71. The Morgan fingerprint density at radius 2 is 2.27 bits per heavy atom. The maximum absolute atomic E-state index is 12.2. The van der Waals surface area contributed by atoms with Crippen LogP contribution in [-0.4, -0.2) is 18.0 Å². The van der Waals surface area contributed by atoms with E-state index in [9.17, 15) is 10.1 Å². The van der Waals surface area contributed by atoms with E-state index in [-0.39, 0.29) is 17.3 Å². The van der Waals surface area contributed by atoms with E-state index in [1.165, 1.54) is 12.3 Å². The fourth-order valence-corrected chi connectivity index (χ4v) is 2.56. The minimum atomic E-state index is -0.522. The topological polar surface area (TPSA) is 88.1 Å². The van der Waals surface area contributed by atoms with Crippen LogP contribution in [0.1, 0.15) is 11.3 Å². The van der Waals surface area contributed by atoms with Gasteiger partial charge in [-0.3, -0.25) is 4.79 Å². The SMILES string of the molecule is COc1ccc2nc(Cl)c(/C=C(\C#N)C(=O)NCc3ccco3)cc2c1. The number of carbonyl (C=O) groups excluding carboxylic acids is 1. The van der Waals surface area contributed by atoms with E-state index >= 15 is 0 Å². The van der Waals surface area contributed by atoms with Crippen molar-refractivity contribution < 1.29 is 13.9 Å². The van der Waals surface area contributed by atoms with E-state index in [4.69, 9.17) is 20.8 Å². The number of methoxy groups -OCH3 is 1. The number of nitrogens with one attached hydrogen (secondary N) is 1. The summed E-state index contributed by atoms with van der Waals surface area (Å²) < 4.78 is 10.3. The zero-order chi connectivity index (χ0) is 18.5. The maximum atomic E-state index is 12.2. The second-order valence-electron chi connectivity index (χ2n) is 5.36. The largest absolute Gasteiger partial charge is 0.497 e. The lowest BCUT2D eigenvalue weighted by atomic mass is 10.1. The molecule has 1 N–H and O–H groups in total. The molecular weight excluding hydrogens is 354 g/mol. The van der Waals surface area contributed by atoms with E-state index in [2.05, 4.69) is 10.3 Å². The Morgan fingerprint density at radius 1 is 1.42 bits per heavy atom. The molecule has 2 aromatic heterocycles. The first-order chi connectivity index (χ1) is 12.6. The number of aromatic nitrogens is 1. The molecule has 0 fully saturated rings. The number of hydrogen-bond donors (Lipinski definition) is 1. The number of hydrogen-bond acceptors (Lipinski definition) is 5. The normalized spacial score (nSPS) is 11.2. The first kappa shape index (κ1) is 17.5. The Morgan fingerprint density at radius 3 is 2.96 bits per heavy atom. The summed E-state index contributed by atoms with van der Waals surface area (Å²) in [6.45, 7) is 0.186. The van der Waals surface area contributed by atoms with Crippen molar-refractivity contribution in [3.63, 3.8) is 0 Å². The van der Waals surface area contributed by atoms with Crippen LogP contribution in [0, 0.1) is 11.3 Å². The van der Waals surface area contributed by atoms with Gasteiger partial charge in [-0.05, 0) is 42.5 Å². The van der Waals surface area contributed by atoms with Crippen LogP contribution >= 0.6 is 11.6 Å². The summed E-state index contributed by atoms with van der Waals surface area (Å²) >= 11 is 6.20. The molecule has 1 aromatic carbocycles. The smallest absolute Gasteiger partial charge is 0.262 e. The van der Waals surface area contributed by atoms with Gasteiger partial charge in [-0.1, -0.05) is 11.6 Å². The van der Waals surface area contributed by atoms with Gasteiger partial charge in [-0.15, -0.1) is 0 Å². The Kier molecular flexibility index (Phi) is 5.20. The summed E-state index contributed by atoms with van der Waals surface area (Å²) in [5.74, 6) is 0.743. The second-order valence-corrected chi connectivity index (χ2v) is 5.72. The minimum Gasteiger partial charge on any atom is -0.497 e. The molecule has 130 valence electrons. The first-order valence-electron chi connectivity index (χ1n) is 7.67. The highest BCUT2D eigenvalue weighted by atomic mass is 35.5. The van der Waals surface area contributed by atoms with E-state index in [0.29, 0.717) is 22.6 Å². The van der Waals surface area contributed by atoms with Crippen molar-refractivity contribution in [1.29, 1.82) is 5.26 Å². The number of fused-ring (bicyclic) bond motifs is 1. The molecule has 0 spiro atoms. The Labute approximate surface area is 154 Å². The van der Waals surface area contributed by atoms with Crippen LogP contribution in [0.15, 0.2) is 52.7 Å². The van der Waals surface area contributed by atoms with Crippen molar-refractivity contribution in [1.82, 2.24) is 10.3 Å². The summed E-state index contributed by atoms with van der Waals surface area (Å²) in [6.07, 6.45) is 2.92. The number of nitrogens with zero attached hydrogens (tertiary/aromatic N) is 2. The number of pyridine rings is 1. The van der Waals surface area contributed by atoms with Gasteiger partial charge in [-0.25, -0.2) is 4.98 Å². The summed E-state index contributed by atoms with van der Waals surface area (Å²) in [4.78, 5) is 16.5. The van der Waals surface area contributed by atoms with Crippen molar-refractivity contribution in [2.24, 2.45) is 0 Å². The van der Waals surface area contributed by atoms with Crippen LogP contribution in [0.3, 0.4) is 0 Å². The summed E-state index contributed by atoms with van der Waals surface area (Å²) in [5.41, 5.74) is 1.08. The minimum absolute atomic E-state index is 0.0810. The highest BCUT2D eigenvalue weighted by molar-refractivity contribution is 6.31. The highest BCUT2D eigenvalue weighted by Crippen LogP contribution is 2.25. The van der Waals surface area contributed by atoms with Gasteiger partial charge < -0.3 is 14.5 Å². The summed E-state index contributed by atoms with van der Waals surface area (Å²) in [6, 6.07) is 12.5. The van der Waals surface area contributed by atoms with Crippen molar-refractivity contribution >= 4 is 34.5 Å². The van der Waals surface area contributed by atoms with Crippen LogP contribution in [0.5, 0.6) is 5.75 Å². The third-order valence-corrected chi connectivity index (χ3v) is 3.97. The van der Waals surface area contributed by atoms with Crippen molar-refractivity contribution in [2.45, 2.75) is 6.54 Å². The third-order valence-electron chi connectivity index (χ3n) is 3.67. The fourth-order valence-electron chi connectivity index (χ4n) is 2.36. The van der Waals surface area contributed by atoms with E-state index < -0.39 is 5.91 Å². The second kappa shape index (κ2) is 7.72. The number of nitriles is 1. The highest BCUT2D eigenvalue weighted by Gasteiger charge is 2.12. The Balaban J connectivity index is 1.89. The van der Waals surface area contributed by atoms with Gasteiger partial charge in [0.15, 0.2) is 0 Å². The van der Waals surface area contributed by atoms with Crippen molar-refractivity contribution in [3.8, 4) is 11.8 Å². The van der Waals surface area contributed by atoms with E-state index in [1.54, 1.807) is 43.5 Å². The lowest BCUT2D eigenvalue weighted by Gasteiger charge is -2.06. The molecule has 0 saturated carbocycles. The first-order valence-corrected chi connectivity index (χ1v) is 8.05. The van der Waals surface area contributed by atoms with Crippen molar-refractivity contribution in [2.75, 3.05) is 7.11 Å². The monoisotopic (exact) mass is 367 g/mol. The van der Waals surface area contributed by atoms with Gasteiger partial charge in [0, 0.05) is 10.9 Å². The van der Waals surface area contributed by atoms with Crippen LogP contribution in [-0.2, 0) is 11.3 Å². The molecule has 0 aliphatic rings. The fraction of sp³-hybridized carbons (Fsp3) is 0.105. The molecule has 7 heteroatoms. The van der Waals surface area contributed by atoms with Gasteiger partial charge in [0.2, 0.25) is 0 Å². The molecule has 0 unspecified atom stereocenters. The molecule has 0 atom stereocenters. The van der Waals surface area contributed by atoms with Gasteiger partial charge in [0.05, 0.1) is 25.4 Å². The average molecular weight is 368 g/mol. The van der Waals surface area contributed by atoms with Gasteiger partial charge in [0.25, 0.3) is 5.91 Å². The molecule has 3 rings (SSSR count). The molecule has 1 amide bonds. The summed E-state index contributed by atoms with van der Waals surface area (Å²) in [7, 11) is 1.57. The van der Waals surface area contributed by atoms with Crippen LogP contribution in [0.25, 0.3) is 17.0 Å². The van der Waals surface area contributed by atoms with Crippen LogP contribution in [0.4, 0.5) is 0 Å².